The number of unbranched alkanes of at least 4 members (excludes halogenated alkanes) is 1. The molecule has 1 N–H and O–H groups in total. The number of benzene rings is 3. The molecule has 33 heavy (non-hydrogen) atoms. The number of amides is 1. The summed E-state index contributed by atoms with van der Waals surface area (Å²) in [5.74, 6) is -0.545. The number of rotatable bonds is 8. The zero-order valence-electron chi connectivity index (χ0n) is 18.9. The van der Waals surface area contributed by atoms with Crippen LogP contribution in [0.25, 0.3) is 10.1 Å². The van der Waals surface area contributed by atoms with Crippen LogP contribution in [-0.2, 0) is 11.2 Å². The minimum atomic E-state index is -0.374. The van der Waals surface area contributed by atoms with Gasteiger partial charge in [-0.1, -0.05) is 67.4 Å². The number of esters is 1. The average molecular weight is 458 g/mol. The maximum Gasteiger partial charge on any atom is 0.338 e. The fourth-order valence-corrected chi connectivity index (χ4v) is 4.79. The molecule has 0 aliphatic heterocycles. The molecule has 0 aliphatic carbocycles. The van der Waals surface area contributed by atoms with Crippen LogP contribution in [0.3, 0.4) is 0 Å². The van der Waals surface area contributed by atoms with Gasteiger partial charge in [-0.15, -0.1) is 11.3 Å². The number of nitrogens with one attached hydrogen (secondary N) is 1. The van der Waals surface area contributed by atoms with Crippen molar-refractivity contribution in [1.29, 1.82) is 0 Å². The Kier molecular flexibility index (Phi) is 7.20. The second kappa shape index (κ2) is 10.5. The van der Waals surface area contributed by atoms with Gasteiger partial charge < -0.3 is 10.1 Å². The molecule has 0 unspecified atom stereocenters. The summed E-state index contributed by atoms with van der Waals surface area (Å²) >= 11 is 1.49. The van der Waals surface area contributed by atoms with Crippen LogP contribution in [-0.4, -0.2) is 18.5 Å². The monoisotopic (exact) mass is 457 g/mol. The van der Waals surface area contributed by atoms with Crippen molar-refractivity contribution in [2.45, 2.75) is 33.1 Å². The first-order valence-electron chi connectivity index (χ1n) is 11.2. The molecule has 3 aromatic carbocycles. The van der Waals surface area contributed by atoms with Gasteiger partial charge in [-0.2, -0.15) is 0 Å². The molecule has 1 amide bonds. The second-order valence-electron chi connectivity index (χ2n) is 8.09. The maximum atomic E-state index is 13.3. The van der Waals surface area contributed by atoms with E-state index < -0.39 is 0 Å². The highest BCUT2D eigenvalue weighted by Crippen LogP contribution is 2.33. The molecule has 0 spiro atoms. The Hall–Kier alpha value is -3.44. The van der Waals surface area contributed by atoms with Gasteiger partial charge in [0.2, 0.25) is 0 Å². The van der Waals surface area contributed by atoms with E-state index in [0.29, 0.717) is 29.2 Å². The molecule has 0 bridgehead atoms. The smallest absolute Gasteiger partial charge is 0.338 e. The molecule has 1 heterocycles. The van der Waals surface area contributed by atoms with Crippen LogP contribution in [0.1, 0.15) is 56.5 Å². The molecular formula is C28H27NO3S. The van der Waals surface area contributed by atoms with Crippen molar-refractivity contribution >= 4 is 39.0 Å². The van der Waals surface area contributed by atoms with Crippen molar-refractivity contribution in [2.24, 2.45) is 0 Å². The minimum Gasteiger partial charge on any atom is -0.462 e. The van der Waals surface area contributed by atoms with Crippen LogP contribution in [0.5, 0.6) is 0 Å². The lowest BCUT2D eigenvalue weighted by Crippen LogP contribution is -2.13. The predicted molar refractivity (Wildman–Crippen MR) is 135 cm³/mol. The third-order valence-corrected chi connectivity index (χ3v) is 6.71. The summed E-state index contributed by atoms with van der Waals surface area (Å²) in [6.07, 6.45) is 2.47. The van der Waals surface area contributed by atoms with Gasteiger partial charge in [-0.05, 0) is 60.5 Å². The minimum absolute atomic E-state index is 0.171. The highest BCUT2D eigenvalue weighted by Gasteiger charge is 2.19. The van der Waals surface area contributed by atoms with Gasteiger partial charge in [0.25, 0.3) is 5.91 Å². The maximum absolute atomic E-state index is 13.3. The first-order valence-corrected chi connectivity index (χ1v) is 12.0. The summed E-state index contributed by atoms with van der Waals surface area (Å²) in [6, 6.07) is 23.4. The normalized spacial score (nSPS) is 10.8. The SMILES string of the molecule is CCCCOC(=O)c1cccc(NC(=O)c2sc3ccccc3c2Cc2ccc(C)cc2)c1. The summed E-state index contributed by atoms with van der Waals surface area (Å²) in [6.45, 7) is 4.51. The molecule has 0 fully saturated rings. The van der Waals surface area contributed by atoms with Gasteiger partial charge in [0.1, 0.15) is 0 Å². The molecule has 0 radical (unpaired) electrons. The number of carbonyl (C=O) groups is 2. The largest absolute Gasteiger partial charge is 0.462 e. The number of carbonyl (C=O) groups excluding carboxylic acids is 2. The number of aryl methyl sites for hydroxylation is 1. The van der Waals surface area contributed by atoms with E-state index in [-0.39, 0.29) is 11.9 Å². The Labute approximate surface area is 198 Å². The lowest BCUT2D eigenvalue weighted by atomic mass is 10.0. The summed E-state index contributed by atoms with van der Waals surface area (Å²) in [5, 5.41) is 4.08. The second-order valence-corrected chi connectivity index (χ2v) is 9.14. The molecule has 1 aromatic heterocycles. The number of thiophene rings is 1. The van der Waals surface area contributed by atoms with E-state index in [1.807, 2.05) is 25.1 Å². The van der Waals surface area contributed by atoms with Crippen LogP contribution in [0.4, 0.5) is 5.69 Å². The van der Waals surface area contributed by atoms with Gasteiger partial charge in [0.15, 0.2) is 0 Å². The molecule has 0 aliphatic rings. The van der Waals surface area contributed by atoms with Crippen LogP contribution >= 0.6 is 11.3 Å². The molecule has 4 rings (SSSR count). The Morgan fingerprint density at radius 1 is 0.970 bits per heavy atom. The van der Waals surface area contributed by atoms with Crippen LogP contribution in [0.2, 0.25) is 0 Å². The van der Waals surface area contributed by atoms with E-state index in [4.69, 9.17) is 4.74 Å². The van der Waals surface area contributed by atoms with E-state index in [9.17, 15) is 9.59 Å². The average Bonchev–Trinajstić information content (AvgIpc) is 3.19. The van der Waals surface area contributed by atoms with Crippen molar-refractivity contribution in [1.82, 2.24) is 0 Å². The van der Waals surface area contributed by atoms with Gasteiger partial charge in [0, 0.05) is 10.4 Å². The first-order chi connectivity index (χ1) is 16.0. The Balaban J connectivity index is 1.59. The van der Waals surface area contributed by atoms with E-state index in [1.165, 1.54) is 16.9 Å². The van der Waals surface area contributed by atoms with Crippen molar-refractivity contribution in [3.63, 3.8) is 0 Å². The highest BCUT2D eigenvalue weighted by molar-refractivity contribution is 7.21. The van der Waals surface area contributed by atoms with Crippen molar-refractivity contribution in [3.8, 4) is 0 Å². The van der Waals surface area contributed by atoms with E-state index in [0.717, 1.165) is 34.1 Å². The summed E-state index contributed by atoms with van der Waals surface area (Å²) in [4.78, 5) is 26.3. The molecule has 168 valence electrons. The number of hydrogen-bond acceptors (Lipinski definition) is 4. The van der Waals surface area contributed by atoms with Crippen LogP contribution in [0.15, 0.2) is 72.8 Å². The number of anilines is 1. The third kappa shape index (κ3) is 5.49. The van der Waals surface area contributed by atoms with Gasteiger partial charge in [-0.25, -0.2) is 4.79 Å². The fraction of sp³-hybridized carbons (Fsp3) is 0.214. The molecule has 0 atom stereocenters. The third-order valence-electron chi connectivity index (χ3n) is 5.49. The molecule has 0 saturated carbocycles. The van der Waals surface area contributed by atoms with E-state index in [2.05, 4.69) is 42.6 Å². The van der Waals surface area contributed by atoms with E-state index in [1.54, 1.807) is 24.3 Å². The fourth-order valence-electron chi connectivity index (χ4n) is 3.67. The standard InChI is InChI=1S/C28H27NO3S/c1-3-4-16-32-28(31)21-8-7-9-22(18-21)29-27(30)26-24(17-20-14-12-19(2)13-15-20)23-10-5-6-11-25(23)33-26/h5-15,18H,3-4,16-17H2,1-2H3,(H,29,30). The summed E-state index contributed by atoms with van der Waals surface area (Å²) in [5.41, 5.74) is 4.39. The topological polar surface area (TPSA) is 55.4 Å². The molecule has 0 saturated heterocycles. The molecule has 4 aromatic rings. The summed E-state index contributed by atoms with van der Waals surface area (Å²) in [7, 11) is 0. The number of hydrogen-bond donors (Lipinski definition) is 1. The Bertz CT molecular complexity index is 1270. The van der Waals surface area contributed by atoms with Gasteiger partial charge >= 0.3 is 5.97 Å². The van der Waals surface area contributed by atoms with Crippen molar-refractivity contribution in [3.05, 3.63) is 99.9 Å². The Morgan fingerprint density at radius 2 is 1.76 bits per heavy atom. The highest BCUT2D eigenvalue weighted by atomic mass is 32.1. The quantitative estimate of drug-likeness (QED) is 0.229. The predicted octanol–water partition coefficient (Wildman–Crippen LogP) is 7.01. The zero-order valence-corrected chi connectivity index (χ0v) is 19.7. The number of ether oxygens (including phenoxy) is 1. The zero-order chi connectivity index (χ0) is 23.2. The van der Waals surface area contributed by atoms with Gasteiger partial charge in [-0.3, -0.25) is 4.79 Å². The summed E-state index contributed by atoms with van der Waals surface area (Å²) < 4.78 is 6.38. The molecule has 5 heteroatoms. The number of fused-ring (bicyclic) bond motifs is 1. The lowest BCUT2D eigenvalue weighted by Gasteiger charge is -2.09. The van der Waals surface area contributed by atoms with E-state index >= 15 is 0 Å². The van der Waals surface area contributed by atoms with Gasteiger partial charge in [0.05, 0.1) is 17.0 Å². The van der Waals surface area contributed by atoms with Crippen LogP contribution < -0.4 is 5.32 Å². The lowest BCUT2D eigenvalue weighted by molar-refractivity contribution is 0.0499. The molecular weight excluding hydrogens is 430 g/mol. The molecule has 4 nitrogen and oxygen atoms in total. The first kappa shape index (κ1) is 22.7. The Morgan fingerprint density at radius 3 is 2.55 bits per heavy atom. The van der Waals surface area contributed by atoms with Crippen LogP contribution in [0, 0.1) is 6.92 Å². The van der Waals surface area contributed by atoms with Crippen molar-refractivity contribution in [2.75, 3.05) is 11.9 Å². The van der Waals surface area contributed by atoms with Crippen molar-refractivity contribution < 1.29 is 14.3 Å².